The third-order valence-electron chi connectivity index (χ3n) is 4.93. The molecule has 0 fully saturated rings. The molecular formula is C22H19N3O5S2. The third kappa shape index (κ3) is 4.15. The second kappa shape index (κ2) is 8.23. The van der Waals surface area contributed by atoms with E-state index in [1.54, 1.807) is 24.3 Å². The number of ketones is 1. The molecule has 10 heteroatoms. The smallest absolute Gasteiger partial charge is 0.270 e. The van der Waals surface area contributed by atoms with Gasteiger partial charge in [0.05, 0.1) is 17.1 Å². The van der Waals surface area contributed by atoms with E-state index in [2.05, 4.69) is 5.32 Å². The van der Waals surface area contributed by atoms with Crippen LogP contribution in [0.15, 0.2) is 94.9 Å². The van der Waals surface area contributed by atoms with Crippen LogP contribution in [0.3, 0.4) is 0 Å². The van der Waals surface area contributed by atoms with E-state index in [9.17, 15) is 21.6 Å². The fraction of sp³-hybridized carbons (Fsp3) is 0.0455. The van der Waals surface area contributed by atoms with E-state index in [4.69, 9.17) is 5.14 Å². The topological polar surface area (TPSA) is 127 Å². The van der Waals surface area contributed by atoms with Crippen molar-refractivity contribution < 1.29 is 21.6 Å². The molecule has 0 bridgehead atoms. The zero-order valence-corrected chi connectivity index (χ0v) is 18.3. The second-order valence-corrected chi connectivity index (χ2v) is 10.5. The highest BCUT2D eigenvalue weighted by Crippen LogP contribution is 2.36. The molecule has 164 valence electrons. The Balaban J connectivity index is 1.73. The third-order valence-corrected chi connectivity index (χ3v) is 7.63. The minimum absolute atomic E-state index is 0.0634. The van der Waals surface area contributed by atoms with E-state index >= 15 is 0 Å². The quantitative estimate of drug-likeness (QED) is 0.553. The van der Waals surface area contributed by atoms with Gasteiger partial charge >= 0.3 is 0 Å². The summed E-state index contributed by atoms with van der Waals surface area (Å²) in [6.07, 6.45) is 1.12. The summed E-state index contributed by atoms with van der Waals surface area (Å²) in [4.78, 5) is 12.5. The van der Waals surface area contributed by atoms with Crippen molar-refractivity contribution >= 4 is 37.2 Å². The van der Waals surface area contributed by atoms with Crippen molar-refractivity contribution in [1.82, 2.24) is 0 Å². The highest BCUT2D eigenvalue weighted by molar-refractivity contribution is 7.97. The first-order valence-corrected chi connectivity index (χ1v) is 12.5. The Bertz CT molecular complexity index is 1420. The van der Waals surface area contributed by atoms with Crippen LogP contribution >= 0.6 is 0 Å². The van der Waals surface area contributed by atoms with Crippen LogP contribution < -0.4 is 14.8 Å². The number of sulfonamides is 2. The van der Waals surface area contributed by atoms with Crippen molar-refractivity contribution in [3.05, 3.63) is 101 Å². The Morgan fingerprint density at radius 3 is 2.19 bits per heavy atom. The molecule has 1 aliphatic heterocycles. The first-order valence-electron chi connectivity index (χ1n) is 9.48. The van der Waals surface area contributed by atoms with Gasteiger partial charge in [0.25, 0.3) is 10.0 Å². The lowest BCUT2D eigenvalue weighted by atomic mass is 10.1. The molecule has 3 aromatic rings. The number of allylic oxidation sites excluding steroid dienone is 1. The summed E-state index contributed by atoms with van der Waals surface area (Å²) >= 11 is 0. The van der Waals surface area contributed by atoms with Crippen LogP contribution in [-0.4, -0.2) is 22.6 Å². The number of para-hydroxylation sites is 1. The summed E-state index contributed by atoms with van der Waals surface area (Å²) in [6, 6.07) is 21.0. The Kier molecular flexibility index (Phi) is 5.59. The zero-order valence-electron chi connectivity index (χ0n) is 16.7. The lowest BCUT2D eigenvalue weighted by Crippen LogP contribution is -2.39. The van der Waals surface area contributed by atoms with Crippen LogP contribution in [0.2, 0.25) is 0 Å². The Morgan fingerprint density at radius 1 is 0.906 bits per heavy atom. The predicted molar refractivity (Wildman–Crippen MR) is 122 cm³/mol. The van der Waals surface area contributed by atoms with Gasteiger partial charge < -0.3 is 5.32 Å². The molecule has 0 spiro atoms. The van der Waals surface area contributed by atoms with Gasteiger partial charge in [-0.05, 0) is 42.0 Å². The van der Waals surface area contributed by atoms with Gasteiger partial charge in [0, 0.05) is 17.5 Å². The minimum atomic E-state index is -4.16. The maximum Gasteiger partial charge on any atom is 0.270 e. The monoisotopic (exact) mass is 469 g/mol. The summed E-state index contributed by atoms with van der Waals surface area (Å²) in [6.45, 7) is 0.0634. The van der Waals surface area contributed by atoms with Crippen LogP contribution in [0.25, 0.3) is 0 Å². The number of nitrogens with two attached hydrogens (primary N) is 1. The predicted octanol–water partition coefficient (Wildman–Crippen LogP) is 2.82. The number of fused-ring (bicyclic) bond motifs is 1. The fourth-order valence-electron chi connectivity index (χ4n) is 3.33. The van der Waals surface area contributed by atoms with Gasteiger partial charge in [-0.1, -0.05) is 42.5 Å². The first kappa shape index (κ1) is 21.8. The lowest BCUT2D eigenvalue weighted by Gasteiger charge is -2.31. The average Bonchev–Trinajstić information content (AvgIpc) is 2.77. The first-order chi connectivity index (χ1) is 15.2. The summed E-state index contributed by atoms with van der Waals surface area (Å²) in [5.41, 5.74) is 1.75. The van der Waals surface area contributed by atoms with E-state index in [0.29, 0.717) is 11.4 Å². The van der Waals surface area contributed by atoms with Crippen molar-refractivity contribution in [2.24, 2.45) is 5.14 Å². The molecule has 0 saturated heterocycles. The summed E-state index contributed by atoms with van der Waals surface area (Å²) in [7, 11) is -8.01. The van der Waals surface area contributed by atoms with Gasteiger partial charge in [-0.3, -0.25) is 9.10 Å². The number of Topliss-reactive ketones (excluding diaryl/α,β-unsaturated/α-hetero) is 1. The Labute approximate surface area is 186 Å². The highest BCUT2D eigenvalue weighted by atomic mass is 32.2. The molecule has 4 rings (SSSR count). The molecule has 0 radical (unpaired) electrons. The number of anilines is 2. The zero-order chi connectivity index (χ0) is 22.9. The minimum Gasteiger partial charge on any atom is -0.360 e. The summed E-state index contributed by atoms with van der Waals surface area (Å²) < 4.78 is 50.8. The highest BCUT2D eigenvalue weighted by Gasteiger charge is 2.40. The van der Waals surface area contributed by atoms with Gasteiger partial charge in [0.15, 0.2) is 4.91 Å². The van der Waals surface area contributed by atoms with Crippen molar-refractivity contribution in [3.8, 4) is 0 Å². The molecule has 0 atom stereocenters. The number of nitrogens with zero attached hydrogens (tertiary/aromatic N) is 1. The fourth-order valence-corrected chi connectivity index (χ4v) is 5.37. The Morgan fingerprint density at radius 2 is 1.53 bits per heavy atom. The van der Waals surface area contributed by atoms with Crippen LogP contribution in [-0.2, 0) is 26.6 Å². The molecule has 8 nitrogen and oxygen atoms in total. The van der Waals surface area contributed by atoms with E-state index < -0.39 is 30.7 Å². The van der Waals surface area contributed by atoms with Crippen LogP contribution in [0, 0.1) is 0 Å². The number of carbonyl (C=O) groups excluding carboxylic acids is 1. The van der Waals surface area contributed by atoms with E-state index in [1.165, 1.54) is 28.6 Å². The number of nitrogens with one attached hydrogen (secondary N) is 1. The van der Waals surface area contributed by atoms with Gasteiger partial charge in [-0.25, -0.2) is 22.0 Å². The maximum absolute atomic E-state index is 13.4. The molecular weight excluding hydrogens is 450 g/mol. The van der Waals surface area contributed by atoms with Crippen molar-refractivity contribution in [2.45, 2.75) is 11.4 Å². The second-order valence-electron chi connectivity index (χ2n) is 7.07. The van der Waals surface area contributed by atoms with Gasteiger partial charge in [-0.15, -0.1) is 0 Å². The van der Waals surface area contributed by atoms with E-state index in [0.717, 1.165) is 11.8 Å². The molecule has 0 aliphatic carbocycles. The van der Waals surface area contributed by atoms with Gasteiger partial charge in [-0.2, -0.15) is 0 Å². The number of carbonyl (C=O) groups is 1. The molecule has 0 unspecified atom stereocenters. The molecule has 32 heavy (non-hydrogen) atoms. The number of hydrogen-bond acceptors (Lipinski definition) is 6. The average molecular weight is 470 g/mol. The number of hydrogen-bond donors (Lipinski definition) is 2. The molecule has 0 saturated carbocycles. The van der Waals surface area contributed by atoms with E-state index in [-0.39, 0.29) is 17.0 Å². The van der Waals surface area contributed by atoms with Crippen LogP contribution in [0.4, 0.5) is 11.4 Å². The molecule has 0 aromatic heterocycles. The van der Waals surface area contributed by atoms with Crippen LogP contribution in [0.5, 0.6) is 0 Å². The van der Waals surface area contributed by atoms with Crippen molar-refractivity contribution in [2.75, 3.05) is 9.62 Å². The standard InChI is InChI=1S/C22H19N3O5S2/c23-31(27,28)18-12-10-17(11-13-18)24-14-21-22(26)19-8-4-5-9-20(19)25(32(21,29)30)15-16-6-2-1-3-7-16/h1-14,24H,15H2,(H2,23,27,28). The number of benzene rings is 3. The molecule has 1 aliphatic rings. The summed E-state index contributed by atoms with van der Waals surface area (Å²) in [5, 5.41) is 7.86. The van der Waals surface area contributed by atoms with E-state index in [1.807, 2.05) is 30.3 Å². The Hall–Kier alpha value is -3.47. The van der Waals surface area contributed by atoms with Crippen LogP contribution in [0.1, 0.15) is 15.9 Å². The maximum atomic E-state index is 13.4. The normalized spacial score (nSPS) is 16.6. The van der Waals surface area contributed by atoms with Crippen molar-refractivity contribution in [3.63, 3.8) is 0 Å². The molecule has 3 N–H and O–H groups in total. The molecule has 3 aromatic carbocycles. The number of primary sulfonamides is 1. The van der Waals surface area contributed by atoms with Gasteiger partial charge in [0.1, 0.15) is 0 Å². The van der Waals surface area contributed by atoms with Crippen molar-refractivity contribution in [1.29, 1.82) is 0 Å². The molecule has 1 heterocycles. The largest absolute Gasteiger partial charge is 0.360 e. The lowest BCUT2D eigenvalue weighted by molar-refractivity contribution is 0.104. The molecule has 0 amide bonds. The number of rotatable bonds is 5. The van der Waals surface area contributed by atoms with Gasteiger partial charge in [0.2, 0.25) is 15.8 Å². The summed E-state index contributed by atoms with van der Waals surface area (Å²) in [5.74, 6) is -0.626. The SMILES string of the molecule is NS(=O)(=O)c1ccc(NC=C2C(=O)c3ccccc3N(Cc3ccccc3)S2(=O)=O)cc1.